The number of hydrogen-bond acceptors (Lipinski definition) is 3. The Morgan fingerprint density at radius 3 is 2.06 bits per heavy atom. The molecule has 1 unspecified atom stereocenters. The van der Waals surface area contributed by atoms with Gasteiger partial charge in [0, 0.05) is 0 Å². The van der Waals surface area contributed by atoms with Crippen LogP contribution in [0.4, 0.5) is 4.39 Å². The van der Waals surface area contributed by atoms with Gasteiger partial charge in [-0.2, -0.15) is 0 Å². The summed E-state index contributed by atoms with van der Waals surface area (Å²) >= 11 is 0. The number of hydrogen-bond donors (Lipinski definition) is 0. The zero-order chi connectivity index (χ0) is 12.3. The lowest BCUT2D eigenvalue weighted by molar-refractivity contribution is -0.112. The molecule has 1 aromatic carbocycles. The van der Waals surface area contributed by atoms with Gasteiger partial charge in [-0.05, 0) is 31.5 Å². The van der Waals surface area contributed by atoms with E-state index in [0.717, 1.165) is 0 Å². The summed E-state index contributed by atoms with van der Waals surface area (Å²) < 4.78 is 36.4. The first-order valence-corrected chi connectivity index (χ1v) is 6.37. The first kappa shape index (κ1) is 12.8. The number of alkyl halides is 1. The number of carbonyl (C=O) groups is 1. The molecule has 0 aromatic heterocycles. The van der Waals surface area contributed by atoms with E-state index < -0.39 is 21.3 Å². The van der Waals surface area contributed by atoms with Crippen LogP contribution >= 0.6 is 0 Å². The Kier molecular flexibility index (Phi) is 3.80. The molecule has 1 aromatic rings. The van der Waals surface area contributed by atoms with Crippen LogP contribution in [-0.4, -0.2) is 20.0 Å². The van der Waals surface area contributed by atoms with Crippen LogP contribution in [0.3, 0.4) is 0 Å². The Morgan fingerprint density at radius 2 is 1.69 bits per heavy atom. The maximum Gasteiger partial charge on any atom is 0.180 e. The minimum absolute atomic E-state index is 0.143. The number of sulfone groups is 1. The summed E-state index contributed by atoms with van der Waals surface area (Å²) in [5.74, 6) is 0. The first-order valence-electron chi connectivity index (χ1n) is 4.83. The highest BCUT2D eigenvalue weighted by Gasteiger charge is 2.19. The van der Waals surface area contributed by atoms with E-state index in [1.54, 1.807) is 13.8 Å². The Bertz CT molecular complexity index is 463. The molecule has 0 saturated heterocycles. The van der Waals surface area contributed by atoms with Gasteiger partial charge in [0.15, 0.2) is 22.3 Å². The van der Waals surface area contributed by atoms with Gasteiger partial charge in [0.25, 0.3) is 0 Å². The number of benzene rings is 1. The van der Waals surface area contributed by atoms with Crippen LogP contribution in [-0.2, 0) is 14.6 Å². The highest BCUT2D eigenvalue weighted by Crippen LogP contribution is 2.20. The predicted molar refractivity (Wildman–Crippen MR) is 58.7 cm³/mol. The second-order valence-electron chi connectivity index (χ2n) is 3.70. The second kappa shape index (κ2) is 4.74. The third-order valence-corrected chi connectivity index (χ3v) is 4.44. The van der Waals surface area contributed by atoms with Gasteiger partial charge in [-0.15, -0.1) is 0 Å². The molecule has 0 amide bonds. The van der Waals surface area contributed by atoms with E-state index >= 15 is 0 Å². The zero-order valence-corrected chi connectivity index (χ0v) is 9.87. The maximum absolute atomic E-state index is 12.9. The van der Waals surface area contributed by atoms with Crippen molar-refractivity contribution in [3.8, 4) is 0 Å². The van der Waals surface area contributed by atoms with Crippen molar-refractivity contribution in [3.63, 3.8) is 0 Å². The van der Waals surface area contributed by atoms with Gasteiger partial charge in [-0.1, -0.05) is 12.1 Å². The summed E-state index contributed by atoms with van der Waals surface area (Å²) in [6.45, 7) is 3.15. The fourth-order valence-electron chi connectivity index (χ4n) is 1.19. The number of rotatable bonds is 4. The van der Waals surface area contributed by atoms with Gasteiger partial charge in [-0.25, -0.2) is 12.8 Å². The molecule has 0 N–H and O–H groups in total. The zero-order valence-electron chi connectivity index (χ0n) is 9.05. The molecule has 0 saturated carbocycles. The van der Waals surface area contributed by atoms with Gasteiger partial charge in [-0.3, -0.25) is 4.79 Å². The Hall–Kier alpha value is -1.23. The van der Waals surface area contributed by atoms with Crippen LogP contribution in [0.25, 0.3) is 0 Å². The van der Waals surface area contributed by atoms with Crippen molar-refractivity contribution in [1.29, 1.82) is 0 Å². The quantitative estimate of drug-likeness (QED) is 0.762. The van der Waals surface area contributed by atoms with E-state index in [0.29, 0.717) is 0 Å². The molecule has 0 radical (unpaired) electrons. The lowest BCUT2D eigenvalue weighted by Crippen LogP contribution is -2.13. The minimum atomic E-state index is -3.34. The van der Waals surface area contributed by atoms with Crippen LogP contribution in [0.15, 0.2) is 29.2 Å². The maximum atomic E-state index is 12.9. The average molecular weight is 244 g/mol. The van der Waals surface area contributed by atoms with E-state index in [1.165, 1.54) is 24.3 Å². The molecule has 0 aliphatic carbocycles. The number of aldehydes is 1. The summed E-state index contributed by atoms with van der Waals surface area (Å²) in [4.78, 5) is 10.3. The molecule has 0 bridgehead atoms. The van der Waals surface area contributed by atoms with Crippen LogP contribution < -0.4 is 0 Å². The molecular formula is C11H13FO3S. The smallest absolute Gasteiger partial charge is 0.180 e. The molecule has 88 valence electrons. The number of halogens is 1. The van der Waals surface area contributed by atoms with Crippen LogP contribution in [0.1, 0.15) is 25.6 Å². The highest BCUT2D eigenvalue weighted by atomic mass is 32.2. The summed E-state index contributed by atoms with van der Waals surface area (Å²) in [7, 11) is -3.34. The lowest BCUT2D eigenvalue weighted by atomic mass is 10.1. The average Bonchev–Trinajstić information content (AvgIpc) is 2.28. The Morgan fingerprint density at radius 1 is 1.19 bits per heavy atom. The van der Waals surface area contributed by atoms with Gasteiger partial charge < -0.3 is 0 Å². The normalized spacial score (nSPS) is 13.8. The van der Waals surface area contributed by atoms with Crippen molar-refractivity contribution in [2.24, 2.45) is 0 Å². The SMILES string of the molecule is CC(C)S(=O)(=O)c1ccc(C(F)C=O)cc1. The summed E-state index contributed by atoms with van der Waals surface area (Å²) in [5, 5.41) is -0.523. The minimum Gasteiger partial charge on any atom is -0.300 e. The fourth-order valence-corrected chi connectivity index (χ4v) is 2.25. The van der Waals surface area contributed by atoms with Gasteiger partial charge in [0.05, 0.1) is 10.1 Å². The first-order chi connectivity index (χ1) is 7.39. The third-order valence-electron chi connectivity index (χ3n) is 2.27. The van der Waals surface area contributed by atoms with E-state index in [1.807, 2.05) is 0 Å². The summed E-state index contributed by atoms with van der Waals surface area (Å²) in [6, 6.07) is 5.27. The van der Waals surface area contributed by atoms with Gasteiger partial charge >= 0.3 is 0 Å². The summed E-state index contributed by atoms with van der Waals surface area (Å²) in [5.41, 5.74) is 0.165. The summed E-state index contributed by atoms with van der Waals surface area (Å²) in [6.07, 6.45) is -1.53. The van der Waals surface area contributed by atoms with Crippen molar-refractivity contribution in [3.05, 3.63) is 29.8 Å². The molecule has 0 aliphatic rings. The molecule has 3 nitrogen and oxygen atoms in total. The van der Waals surface area contributed by atoms with Crippen molar-refractivity contribution >= 4 is 16.1 Å². The third kappa shape index (κ3) is 2.47. The standard InChI is InChI=1S/C11H13FO3S/c1-8(2)16(14,15)10-5-3-9(4-6-10)11(12)7-13/h3-8,11H,1-2H3. The van der Waals surface area contributed by atoms with Crippen molar-refractivity contribution < 1.29 is 17.6 Å². The molecule has 0 aliphatic heterocycles. The monoisotopic (exact) mass is 244 g/mol. The highest BCUT2D eigenvalue weighted by molar-refractivity contribution is 7.92. The van der Waals surface area contributed by atoms with Crippen LogP contribution in [0, 0.1) is 0 Å². The van der Waals surface area contributed by atoms with E-state index in [4.69, 9.17) is 0 Å². The van der Waals surface area contributed by atoms with Crippen molar-refractivity contribution in [2.45, 2.75) is 30.2 Å². The van der Waals surface area contributed by atoms with Crippen molar-refractivity contribution in [1.82, 2.24) is 0 Å². The molecule has 16 heavy (non-hydrogen) atoms. The Balaban J connectivity index is 3.09. The van der Waals surface area contributed by atoms with E-state index in [2.05, 4.69) is 0 Å². The molecular weight excluding hydrogens is 231 g/mol. The molecule has 0 heterocycles. The largest absolute Gasteiger partial charge is 0.300 e. The molecule has 0 fully saturated rings. The predicted octanol–water partition coefficient (Wildman–Crippen LogP) is 2.08. The molecule has 5 heteroatoms. The van der Waals surface area contributed by atoms with Crippen LogP contribution in [0.5, 0.6) is 0 Å². The lowest BCUT2D eigenvalue weighted by Gasteiger charge is -2.08. The number of carbonyl (C=O) groups excluding carboxylic acids is 1. The molecule has 0 spiro atoms. The topological polar surface area (TPSA) is 51.2 Å². The fraction of sp³-hybridized carbons (Fsp3) is 0.364. The molecule has 1 atom stereocenters. The second-order valence-corrected chi connectivity index (χ2v) is 6.20. The Labute approximate surface area is 94.2 Å². The van der Waals surface area contributed by atoms with Gasteiger partial charge in [0.2, 0.25) is 0 Å². The van der Waals surface area contributed by atoms with E-state index in [9.17, 15) is 17.6 Å². The molecule has 1 rings (SSSR count). The van der Waals surface area contributed by atoms with Crippen molar-refractivity contribution in [2.75, 3.05) is 0 Å². The van der Waals surface area contributed by atoms with E-state index in [-0.39, 0.29) is 16.7 Å². The van der Waals surface area contributed by atoms with Gasteiger partial charge in [0.1, 0.15) is 0 Å². The van der Waals surface area contributed by atoms with Crippen LogP contribution in [0.2, 0.25) is 0 Å².